The van der Waals surface area contributed by atoms with Crippen LogP contribution in [0.5, 0.6) is 11.5 Å². The van der Waals surface area contributed by atoms with Gasteiger partial charge in [-0.25, -0.2) is 9.79 Å². The van der Waals surface area contributed by atoms with Crippen molar-refractivity contribution in [2.45, 2.75) is 38.5 Å². The highest BCUT2D eigenvalue weighted by Crippen LogP contribution is 2.61. The molecule has 0 unspecified atom stereocenters. The summed E-state index contributed by atoms with van der Waals surface area (Å²) < 4.78 is 11.7. The molecule has 2 aromatic carbocycles. The highest BCUT2D eigenvalue weighted by Gasteiger charge is 2.55. The number of rotatable bonds is 4. The van der Waals surface area contributed by atoms with Crippen LogP contribution in [0.2, 0.25) is 0 Å². The van der Waals surface area contributed by atoms with Gasteiger partial charge in [-0.3, -0.25) is 0 Å². The van der Waals surface area contributed by atoms with E-state index in [9.17, 15) is 4.79 Å². The van der Waals surface area contributed by atoms with E-state index in [0.717, 1.165) is 54.1 Å². The molecule has 152 valence electrons. The molecule has 4 heteroatoms. The Kier molecular flexibility index (Phi) is 4.08. The Balaban J connectivity index is 1.27. The van der Waals surface area contributed by atoms with Gasteiger partial charge in [-0.2, -0.15) is 0 Å². The Morgan fingerprint density at radius 3 is 2.27 bits per heavy atom. The van der Waals surface area contributed by atoms with Crippen molar-refractivity contribution in [3.05, 3.63) is 65.9 Å². The number of aliphatic imine (C=N–C) groups is 1. The van der Waals surface area contributed by atoms with E-state index in [0.29, 0.717) is 11.6 Å². The van der Waals surface area contributed by atoms with Crippen molar-refractivity contribution in [2.24, 2.45) is 28.2 Å². The van der Waals surface area contributed by atoms with Crippen LogP contribution in [0, 0.1) is 23.2 Å². The summed E-state index contributed by atoms with van der Waals surface area (Å²) in [4.78, 5) is 17.4. The van der Waals surface area contributed by atoms with E-state index in [-0.39, 0.29) is 11.4 Å². The Bertz CT molecular complexity index is 1020. The van der Waals surface area contributed by atoms with Gasteiger partial charge in [-0.05, 0) is 92.2 Å². The SMILES string of the molecule is O=C1OC(C23CC4CC(CC(C4)C2)C3)=N/C1=C\c1cccc(Oc2ccccc2)c1. The predicted octanol–water partition coefficient (Wildman–Crippen LogP) is 5.99. The average Bonchev–Trinajstić information content (AvgIpc) is 3.09. The van der Waals surface area contributed by atoms with E-state index < -0.39 is 0 Å². The maximum Gasteiger partial charge on any atom is 0.363 e. The fourth-order valence-electron chi connectivity index (χ4n) is 6.46. The fourth-order valence-corrected chi connectivity index (χ4v) is 6.46. The molecule has 0 atom stereocenters. The largest absolute Gasteiger partial charge is 0.457 e. The van der Waals surface area contributed by atoms with Gasteiger partial charge >= 0.3 is 5.97 Å². The first-order chi connectivity index (χ1) is 14.6. The lowest BCUT2D eigenvalue weighted by molar-refractivity contribution is -0.131. The molecule has 0 spiro atoms. The average molecular weight is 399 g/mol. The first-order valence-electron chi connectivity index (χ1n) is 11.0. The van der Waals surface area contributed by atoms with Gasteiger partial charge in [0.05, 0.1) is 0 Å². The predicted molar refractivity (Wildman–Crippen MR) is 115 cm³/mol. The molecule has 0 amide bonds. The second-order valence-corrected chi connectivity index (χ2v) is 9.52. The van der Waals surface area contributed by atoms with Gasteiger partial charge in [-0.15, -0.1) is 0 Å². The van der Waals surface area contributed by atoms with Crippen LogP contribution >= 0.6 is 0 Å². The Morgan fingerprint density at radius 1 is 0.900 bits per heavy atom. The molecule has 4 aliphatic carbocycles. The van der Waals surface area contributed by atoms with Crippen molar-refractivity contribution in [3.63, 3.8) is 0 Å². The first kappa shape index (κ1) is 17.9. The van der Waals surface area contributed by atoms with E-state index in [1.807, 2.05) is 60.7 Å². The van der Waals surface area contributed by atoms with E-state index in [4.69, 9.17) is 14.5 Å². The number of ether oxygens (including phenoxy) is 2. The highest BCUT2D eigenvalue weighted by molar-refractivity contribution is 6.09. The summed E-state index contributed by atoms with van der Waals surface area (Å²) in [6, 6.07) is 17.4. The van der Waals surface area contributed by atoms with Crippen molar-refractivity contribution >= 4 is 17.9 Å². The second-order valence-electron chi connectivity index (χ2n) is 9.52. The van der Waals surface area contributed by atoms with Crippen LogP contribution < -0.4 is 4.74 Å². The number of hydrogen-bond acceptors (Lipinski definition) is 4. The molecule has 0 N–H and O–H groups in total. The summed E-state index contributed by atoms with van der Waals surface area (Å²) in [7, 11) is 0. The smallest absolute Gasteiger partial charge is 0.363 e. The van der Waals surface area contributed by atoms with Gasteiger partial charge in [0, 0.05) is 5.41 Å². The van der Waals surface area contributed by atoms with Gasteiger partial charge < -0.3 is 9.47 Å². The topological polar surface area (TPSA) is 47.9 Å². The van der Waals surface area contributed by atoms with Gasteiger partial charge in [0.1, 0.15) is 11.5 Å². The molecule has 5 aliphatic rings. The Hall–Kier alpha value is -2.88. The molecule has 0 saturated heterocycles. The lowest BCUT2D eigenvalue weighted by Gasteiger charge is -2.55. The zero-order valence-corrected chi connectivity index (χ0v) is 16.9. The second kappa shape index (κ2) is 6.83. The quantitative estimate of drug-likeness (QED) is 0.468. The van der Waals surface area contributed by atoms with Crippen molar-refractivity contribution in [3.8, 4) is 11.5 Å². The van der Waals surface area contributed by atoms with Crippen molar-refractivity contribution < 1.29 is 14.3 Å². The molecule has 7 rings (SSSR count). The minimum Gasteiger partial charge on any atom is -0.457 e. The molecule has 4 bridgehead atoms. The van der Waals surface area contributed by atoms with Crippen LogP contribution in [0.4, 0.5) is 0 Å². The Labute approximate surface area is 176 Å². The minimum absolute atomic E-state index is 0.00172. The van der Waals surface area contributed by atoms with Crippen LogP contribution in [0.15, 0.2) is 65.3 Å². The van der Waals surface area contributed by atoms with Gasteiger partial charge in [0.15, 0.2) is 5.70 Å². The maximum absolute atomic E-state index is 12.6. The number of benzene rings is 2. The van der Waals surface area contributed by atoms with Crippen LogP contribution in [0.1, 0.15) is 44.1 Å². The van der Waals surface area contributed by atoms with E-state index in [2.05, 4.69) is 0 Å². The highest BCUT2D eigenvalue weighted by atomic mass is 16.6. The first-order valence-corrected chi connectivity index (χ1v) is 11.0. The molecule has 30 heavy (non-hydrogen) atoms. The molecule has 1 heterocycles. The van der Waals surface area contributed by atoms with Crippen molar-refractivity contribution in [1.29, 1.82) is 0 Å². The van der Waals surface area contributed by atoms with Crippen LogP contribution in [0.3, 0.4) is 0 Å². The molecule has 1 aliphatic heterocycles. The lowest BCUT2D eigenvalue weighted by Crippen LogP contribution is -2.50. The monoisotopic (exact) mass is 399 g/mol. The molecule has 4 fully saturated rings. The molecular weight excluding hydrogens is 374 g/mol. The number of hydrogen-bond donors (Lipinski definition) is 0. The van der Waals surface area contributed by atoms with Gasteiger partial charge in [0.2, 0.25) is 5.90 Å². The van der Waals surface area contributed by atoms with E-state index in [1.54, 1.807) is 0 Å². The Morgan fingerprint density at radius 2 is 1.57 bits per heavy atom. The molecule has 2 aromatic rings. The summed E-state index contributed by atoms with van der Waals surface area (Å²) in [6.45, 7) is 0. The molecule has 0 radical (unpaired) electrons. The lowest BCUT2D eigenvalue weighted by atomic mass is 9.49. The zero-order chi connectivity index (χ0) is 20.1. The fraction of sp³-hybridized carbons (Fsp3) is 0.385. The number of esters is 1. The molecular formula is C26H25NO3. The van der Waals surface area contributed by atoms with Gasteiger partial charge in [-0.1, -0.05) is 30.3 Å². The third-order valence-electron chi connectivity index (χ3n) is 7.25. The summed E-state index contributed by atoms with van der Waals surface area (Å²) >= 11 is 0. The number of cyclic esters (lactones) is 1. The summed E-state index contributed by atoms with van der Waals surface area (Å²) in [6.07, 6.45) is 9.30. The zero-order valence-electron chi connectivity index (χ0n) is 16.9. The van der Waals surface area contributed by atoms with Crippen LogP contribution in [-0.2, 0) is 9.53 Å². The van der Waals surface area contributed by atoms with Crippen LogP contribution in [-0.4, -0.2) is 11.9 Å². The number of para-hydroxylation sites is 1. The molecule has 4 saturated carbocycles. The van der Waals surface area contributed by atoms with Gasteiger partial charge in [0.25, 0.3) is 0 Å². The summed E-state index contributed by atoms with van der Waals surface area (Å²) in [5.74, 6) is 4.24. The normalized spacial score (nSPS) is 32.9. The summed E-state index contributed by atoms with van der Waals surface area (Å²) in [5, 5.41) is 0. The third-order valence-corrected chi connectivity index (χ3v) is 7.25. The number of nitrogens with zero attached hydrogens (tertiary/aromatic N) is 1. The number of carbonyl (C=O) groups is 1. The van der Waals surface area contributed by atoms with Crippen LogP contribution in [0.25, 0.3) is 6.08 Å². The third kappa shape index (κ3) is 3.15. The maximum atomic E-state index is 12.6. The number of carbonyl (C=O) groups excluding carboxylic acids is 1. The molecule has 4 nitrogen and oxygen atoms in total. The standard InChI is InChI=1S/C26H25NO3/c28-24-23(13-17-5-4-8-22(12-17)29-21-6-2-1-3-7-21)27-25(30-24)26-14-18-9-19(15-26)11-20(10-18)16-26/h1-8,12-13,18-20H,9-11,14-16H2/b23-13-. The molecule has 0 aromatic heterocycles. The minimum atomic E-state index is -0.324. The van der Waals surface area contributed by atoms with Crippen molar-refractivity contribution in [1.82, 2.24) is 0 Å². The van der Waals surface area contributed by atoms with E-state index in [1.165, 1.54) is 19.3 Å². The van der Waals surface area contributed by atoms with Crippen molar-refractivity contribution in [2.75, 3.05) is 0 Å². The van der Waals surface area contributed by atoms with E-state index >= 15 is 0 Å². The summed E-state index contributed by atoms with van der Waals surface area (Å²) in [5.41, 5.74) is 1.28.